The Bertz CT molecular complexity index is 1020. The van der Waals surface area contributed by atoms with Gasteiger partial charge in [0.25, 0.3) is 0 Å². The second-order valence-corrected chi connectivity index (χ2v) is 6.09. The second kappa shape index (κ2) is 8.08. The number of ether oxygens (including phenoxy) is 2. The molecule has 0 aliphatic heterocycles. The Labute approximate surface area is 161 Å². The first-order chi connectivity index (χ1) is 13.4. The number of hydrogen-bond donors (Lipinski definition) is 1. The van der Waals surface area contributed by atoms with Gasteiger partial charge in [-0.1, -0.05) is 19.1 Å². The largest absolute Gasteiger partial charge is 0.462 e. The van der Waals surface area contributed by atoms with E-state index in [4.69, 9.17) is 19.6 Å². The zero-order chi connectivity index (χ0) is 20.3. The number of aryl methyl sites for hydroxylation is 2. The van der Waals surface area contributed by atoms with Crippen molar-refractivity contribution in [3.8, 4) is 0 Å². The van der Waals surface area contributed by atoms with Gasteiger partial charge in [-0.25, -0.2) is 14.6 Å². The van der Waals surface area contributed by atoms with Gasteiger partial charge in [0.1, 0.15) is 17.1 Å². The number of nitrogens with two attached hydrogens (primary N) is 1. The first-order valence-corrected chi connectivity index (χ1v) is 8.93. The van der Waals surface area contributed by atoms with Gasteiger partial charge in [0.15, 0.2) is 12.4 Å². The van der Waals surface area contributed by atoms with E-state index in [2.05, 4.69) is 9.97 Å². The molecule has 146 valence electrons. The number of benzene rings is 1. The Morgan fingerprint density at radius 1 is 1.07 bits per heavy atom. The highest BCUT2D eigenvalue weighted by Crippen LogP contribution is 2.29. The van der Waals surface area contributed by atoms with Crippen LogP contribution < -0.4 is 5.73 Å². The lowest BCUT2D eigenvalue weighted by Crippen LogP contribution is -2.10. The summed E-state index contributed by atoms with van der Waals surface area (Å²) in [5, 5.41) is 0.293. The number of nitrogens with zero attached hydrogens (tertiary/aromatic N) is 2. The normalized spacial score (nSPS) is 10.8. The summed E-state index contributed by atoms with van der Waals surface area (Å²) in [6, 6.07) is 7.17. The Hall–Kier alpha value is -3.42. The average Bonchev–Trinajstić information content (AvgIpc) is 3.02. The molecule has 2 aromatic heterocycles. The minimum absolute atomic E-state index is 0.0586. The predicted molar refractivity (Wildman–Crippen MR) is 102 cm³/mol. The van der Waals surface area contributed by atoms with Crippen LogP contribution in [0.25, 0.3) is 11.1 Å². The van der Waals surface area contributed by atoms with Crippen molar-refractivity contribution < 1.29 is 23.5 Å². The number of furan rings is 1. The van der Waals surface area contributed by atoms with Crippen molar-refractivity contribution >= 4 is 28.9 Å². The van der Waals surface area contributed by atoms with E-state index in [0.29, 0.717) is 16.7 Å². The van der Waals surface area contributed by atoms with E-state index in [-0.39, 0.29) is 36.1 Å². The molecule has 3 rings (SSSR count). The molecule has 0 saturated carbocycles. The van der Waals surface area contributed by atoms with Crippen LogP contribution in [0.1, 0.15) is 51.7 Å². The third kappa shape index (κ3) is 3.80. The maximum atomic E-state index is 12.2. The molecule has 0 aliphatic rings. The molecule has 2 heterocycles. The minimum atomic E-state index is -0.552. The van der Waals surface area contributed by atoms with Crippen molar-refractivity contribution in [3.63, 3.8) is 0 Å². The molecule has 0 amide bonds. The lowest BCUT2D eigenvalue weighted by atomic mass is 10.1. The van der Waals surface area contributed by atoms with Crippen LogP contribution in [0, 0.1) is 6.92 Å². The maximum absolute atomic E-state index is 12.2. The van der Waals surface area contributed by atoms with Gasteiger partial charge in [0.05, 0.1) is 17.6 Å². The van der Waals surface area contributed by atoms with Crippen LogP contribution in [-0.4, -0.2) is 28.5 Å². The number of anilines is 1. The lowest BCUT2D eigenvalue weighted by Gasteiger charge is -2.06. The molecule has 1 aromatic carbocycles. The smallest absolute Gasteiger partial charge is 0.342 e. The van der Waals surface area contributed by atoms with Crippen molar-refractivity contribution in [2.75, 3.05) is 12.3 Å². The summed E-state index contributed by atoms with van der Waals surface area (Å²) < 4.78 is 15.8. The molecule has 0 aliphatic carbocycles. The van der Waals surface area contributed by atoms with Gasteiger partial charge in [-0.2, -0.15) is 4.98 Å². The van der Waals surface area contributed by atoms with E-state index >= 15 is 0 Å². The van der Waals surface area contributed by atoms with Gasteiger partial charge in [-0.05, 0) is 38.0 Å². The molecule has 0 fully saturated rings. The van der Waals surface area contributed by atoms with Crippen molar-refractivity contribution in [1.29, 1.82) is 0 Å². The number of esters is 2. The zero-order valence-corrected chi connectivity index (χ0v) is 15.9. The molecule has 0 spiro atoms. The SMILES string of the molecule is CCOC(=O)c1c(C)oc2nc(COC(=O)c3ccc(CC)cc3)nc(N)c12. The maximum Gasteiger partial charge on any atom is 0.342 e. The summed E-state index contributed by atoms with van der Waals surface area (Å²) in [7, 11) is 0. The summed E-state index contributed by atoms with van der Waals surface area (Å²) in [6.07, 6.45) is 0.888. The second-order valence-electron chi connectivity index (χ2n) is 6.09. The number of rotatable bonds is 6. The summed E-state index contributed by atoms with van der Waals surface area (Å²) in [6.45, 7) is 5.40. The highest BCUT2D eigenvalue weighted by molar-refractivity contribution is 6.07. The number of nitrogen functional groups attached to an aromatic ring is 1. The van der Waals surface area contributed by atoms with Crippen LogP contribution in [0.5, 0.6) is 0 Å². The van der Waals surface area contributed by atoms with Gasteiger partial charge in [-0.3, -0.25) is 0 Å². The highest BCUT2D eigenvalue weighted by atomic mass is 16.5. The molecular formula is C20H21N3O5. The number of fused-ring (bicyclic) bond motifs is 1. The van der Waals surface area contributed by atoms with Gasteiger partial charge in [0, 0.05) is 0 Å². The topological polar surface area (TPSA) is 118 Å². The summed E-state index contributed by atoms with van der Waals surface area (Å²) in [5.41, 5.74) is 7.91. The van der Waals surface area contributed by atoms with Crippen molar-refractivity contribution in [2.45, 2.75) is 33.8 Å². The first-order valence-electron chi connectivity index (χ1n) is 8.93. The first kappa shape index (κ1) is 19.3. The van der Waals surface area contributed by atoms with Gasteiger partial charge in [0.2, 0.25) is 5.71 Å². The quantitative estimate of drug-likeness (QED) is 0.645. The lowest BCUT2D eigenvalue weighted by molar-refractivity contribution is 0.0461. The fourth-order valence-electron chi connectivity index (χ4n) is 2.79. The Morgan fingerprint density at radius 3 is 2.43 bits per heavy atom. The molecule has 0 bridgehead atoms. The Kier molecular flexibility index (Phi) is 5.58. The minimum Gasteiger partial charge on any atom is -0.462 e. The molecule has 0 saturated heterocycles. The number of carbonyl (C=O) groups excluding carboxylic acids is 2. The van der Waals surface area contributed by atoms with Gasteiger partial charge < -0.3 is 19.6 Å². The summed E-state index contributed by atoms with van der Waals surface area (Å²) in [5.74, 6) is -0.480. The van der Waals surface area contributed by atoms with E-state index < -0.39 is 11.9 Å². The third-order valence-corrected chi connectivity index (χ3v) is 4.21. The fourth-order valence-corrected chi connectivity index (χ4v) is 2.79. The third-order valence-electron chi connectivity index (χ3n) is 4.21. The van der Waals surface area contributed by atoms with Crippen LogP contribution >= 0.6 is 0 Å². The van der Waals surface area contributed by atoms with E-state index in [0.717, 1.165) is 12.0 Å². The molecule has 2 N–H and O–H groups in total. The fraction of sp³-hybridized carbons (Fsp3) is 0.300. The van der Waals surface area contributed by atoms with Crippen molar-refractivity contribution in [1.82, 2.24) is 9.97 Å². The number of hydrogen-bond acceptors (Lipinski definition) is 8. The van der Waals surface area contributed by atoms with E-state index in [9.17, 15) is 9.59 Å². The average molecular weight is 383 g/mol. The number of aromatic nitrogens is 2. The standard InChI is InChI=1S/C20H21N3O5/c1-4-12-6-8-13(9-7-12)19(24)27-10-14-22-17(21)16-15(20(25)26-5-2)11(3)28-18(16)23-14/h6-9H,4-5,10H2,1-3H3,(H2,21,22,23). The van der Waals surface area contributed by atoms with Crippen molar-refractivity contribution in [3.05, 3.63) is 52.5 Å². The van der Waals surface area contributed by atoms with E-state index in [1.54, 1.807) is 26.0 Å². The van der Waals surface area contributed by atoms with Crippen LogP contribution in [0.15, 0.2) is 28.7 Å². The molecule has 0 unspecified atom stereocenters. The molecular weight excluding hydrogens is 362 g/mol. The number of carbonyl (C=O) groups is 2. The van der Waals surface area contributed by atoms with E-state index in [1.165, 1.54) is 0 Å². The van der Waals surface area contributed by atoms with Crippen LogP contribution in [-0.2, 0) is 22.5 Å². The Morgan fingerprint density at radius 2 is 1.79 bits per heavy atom. The monoisotopic (exact) mass is 383 g/mol. The van der Waals surface area contributed by atoms with Crippen LogP contribution in [0.3, 0.4) is 0 Å². The molecule has 0 atom stereocenters. The zero-order valence-electron chi connectivity index (χ0n) is 15.9. The molecule has 8 nitrogen and oxygen atoms in total. The van der Waals surface area contributed by atoms with Gasteiger partial charge >= 0.3 is 11.9 Å². The molecule has 8 heteroatoms. The highest BCUT2D eigenvalue weighted by Gasteiger charge is 2.24. The molecule has 3 aromatic rings. The molecule has 0 radical (unpaired) electrons. The van der Waals surface area contributed by atoms with E-state index in [1.807, 2.05) is 19.1 Å². The molecule has 28 heavy (non-hydrogen) atoms. The van der Waals surface area contributed by atoms with Crippen LogP contribution in [0.2, 0.25) is 0 Å². The van der Waals surface area contributed by atoms with Crippen LogP contribution in [0.4, 0.5) is 5.82 Å². The van der Waals surface area contributed by atoms with Gasteiger partial charge in [-0.15, -0.1) is 0 Å². The summed E-state index contributed by atoms with van der Waals surface area (Å²) >= 11 is 0. The predicted octanol–water partition coefficient (Wildman–Crippen LogP) is 3.21. The Balaban J connectivity index is 1.80. The van der Waals surface area contributed by atoms with Crippen molar-refractivity contribution in [2.24, 2.45) is 0 Å². The summed E-state index contributed by atoms with van der Waals surface area (Å²) in [4.78, 5) is 32.7.